The van der Waals surface area contributed by atoms with Crippen LogP contribution in [0, 0.1) is 13.8 Å². The van der Waals surface area contributed by atoms with Crippen LogP contribution < -0.4 is 5.43 Å². The van der Waals surface area contributed by atoms with Gasteiger partial charge >= 0.3 is 0 Å². The highest BCUT2D eigenvalue weighted by Gasteiger charge is 2.10. The Morgan fingerprint density at radius 1 is 1.21 bits per heavy atom. The fourth-order valence-corrected chi connectivity index (χ4v) is 2.21. The molecule has 0 atom stereocenters. The van der Waals surface area contributed by atoms with Gasteiger partial charge in [-0.2, -0.15) is 0 Å². The van der Waals surface area contributed by atoms with E-state index in [0.29, 0.717) is 11.9 Å². The number of rotatable bonds is 2. The molecule has 5 heteroatoms. The molecule has 2 aromatic heterocycles. The van der Waals surface area contributed by atoms with E-state index >= 15 is 0 Å². The maximum absolute atomic E-state index is 12.0. The summed E-state index contributed by atoms with van der Waals surface area (Å²) in [5.41, 5.74) is 3.37. The number of benzene rings is 1. The van der Waals surface area contributed by atoms with Gasteiger partial charge in [-0.3, -0.25) is 4.79 Å². The molecule has 0 aliphatic heterocycles. The molecule has 0 saturated heterocycles. The minimum atomic E-state index is 0.0411. The van der Waals surface area contributed by atoms with E-state index in [-0.39, 0.29) is 5.43 Å². The third kappa shape index (κ3) is 1.93. The van der Waals surface area contributed by atoms with Crippen molar-refractivity contribution in [2.75, 3.05) is 0 Å². The van der Waals surface area contributed by atoms with Gasteiger partial charge in [-0.15, -0.1) is 0 Å². The number of aryl methyl sites for hydroxylation is 2. The van der Waals surface area contributed by atoms with E-state index < -0.39 is 0 Å². The summed E-state index contributed by atoms with van der Waals surface area (Å²) in [6.07, 6.45) is 0. The SMILES string of the molecule is Cc1nonc1Cn1c(C)cc(=O)c2ccccc21. The molecule has 96 valence electrons. The number of fused-ring (bicyclic) bond motifs is 1. The van der Waals surface area contributed by atoms with Gasteiger partial charge in [0.05, 0.1) is 12.1 Å². The van der Waals surface area contributed by atoms with Gasteiger partial charge in [0.15, 0.2) is 5.43 Å². The lowest BCUT2D eigenvalue weighted by atomic mass is 10.1. The van der Waals surface area contributed by atoms with Gasteiger partial charge in [0.2, 0.25) is 0 Å². The van der Waals surface area contributed by atoms with Crippen LogP contribution in [0.15, 0.2) is 39.8 Å². The Labute approximate surface area is 109 Å². The van der Waals surface area contributed by atoms with Gasteiger partial charge in [0.25, 0.3) is 0 Å². The summed E-state index contributed by atoms with van der Waals surface area (Å²) in [7, 11) is 0. The third-order valence-corrected chi connectivity index (χ3v) is 3.28. The molecule has 0 N–H and O–H groups in total. The van der Waals surface area contributed by atoms with Gasteiger partial charge in [0, 0.05) is 17.1 Å². The summed E-state index contributed by atoms with van der Waals surface area (Å²) >= 11 is 0. The minimum Gasteiger partial charge on any atom is -0.338 e. The summed E-state index contributed by atoms with van der Waals surface area (Å²) in [6, 6.07) is 9.21. The Morgan fingerprint density at radius 3 is 2.74 bits per heavy atom. The van der Waals surface area contributed by atoms with E-state index in [9.17, 15) is 4.79 Å². The molecule has 5 nitrogen and oxygen atoms in total. The monoisotopic (exact) mass is 255 g/mol. The van der Waals surface area contributed by atoms with Gasteiger partial charge in [0.1, 0.15) is 11.4 Å². The van der Waals surface area contributed by atoms with E-state index in [2.05, 4.69) is 10.3 Å². The van der Waals surface area contributed by atoms with Crippen molar-refractivity contribution < 1.29 is 4.63 Å². The normalized spacial score (nSPS) is 11.1. The smallest absolute Gasteiger partial charge is 0.189 e. The van der Waals surface area contributed by atoms with Crippen molar-refractivity contribution in [1.29, 1.82) is 0 Å². The average Bonchev–Trinajstić information content (AvgIpc) is 2.80. The topological polar surface area (TPSA) is 60.9 Å². The second-order valence-corrected chi connectivity index (χ2v) is 4.55. The molecular weight excluding hydrogens is 242 g/mol. The molecule has 0 spiro atoms. The van der Waals surface area contributed by atoms with Gasteiger partial charge in [-0.05, 0) is 26.0 Å². The third-order valence-electron chi connectivity index (χ3n) is 3.28. The Hall–Kier alpha value is -2.43. The van der Waals surface area contributed by atoms with E-state index in [1.54, 1.807) is 6.07 Å². The van der Waals surface area contributed by atoms with Crippen LogP contribution in [0.1, 0.15) is 17.1 Å². The lowest BCUT2D eigenvalue weighted by Gasteiger charge is -2.13. The first-order valence-corrected chi connectivity index (χ1v) is 6.04. The first-order chi connectivity index (χ1) is 9.16. The summed E-state index contributed by atoms with van der Waals surface area (Å²) in [5, 5.41) is 8.39. The largest absolute Gasteiger partial charge is 0.338 e. The predicted octanol–water partition coefficient (Wildman–Crippen LogP) is 2.05. The van der Waals surface area contributed by atoms with Gasteiger partial charge in [-0.25, -0.2) is 4.63 Å². The van der Waals surface area contributed by atoms with Crippen LogP contribution in [0.4, 0.5) is 0 Å². The molecule has 2 heterocycles. The molecule has 0 unspecified atom stereocenters. The Balaban J connectivity index is 2.23. The van der Waals surface area contributed by atoms with Crippen molar-refractivity contribution >= 4 is 10.9 Å². The van der Waals surface area contributed by atoms with Crippen LogP contribution in [-0.4, -0.2) is 14.9 Å². The molecule has 0 aliphatic rings. The van der Waals surface area contributed by atoms with Crippen molar-refractivity contribution in [2.45, 2.75) is 20.4 Å². The van der Waals surface area contributed by atoms with Crippen LogP contribution >= 0.6 is 0 Å². The molecule has 0 amide bonds. The average molecular weight is 255 g/mol. The van der Waals surface area contributed by atoms with Crippen LogP contribution in [-0.2, 0) is 6.54 Å². The molecule has 1 aromatic carbocycles. The highest BCUT2D eigenvalue weighted by atomic mass is 16.6. The van der Waals surface area contributed by atoms with Crippen molar-refractivity contribution in [3.63, 3.8) is 0 Å². The maximum atomic E-state index is 12.0. The molecule has 0 radical (unpaired) electrons. The molecule has 0 bridgehead atoms. The number of hydrogen-bond donors (Lipinski definition) is 0. The second kappa shape index (κ2) is 4.35. The Bertz CT molecular complexity index is 802. The van der Waals surface area contributed by atoms with Crippen LogP contribution in [0.2, 0.25) is 0 Å². The van der Waals surface area contributed by atoms with E-state index in [4.69, 9.17) is 4.63 Å². The second-order valence-electron chi connectivity index (χ2n) is 4.55. The molecule has 0 aliphatic carbocycles. The maximum Gasteiger partial charge on any atom is 0.189 e. The van der Waals surface area contributed by atoms with Crippen molar-refractivity contribution in [1.82, 2.24) is 14.9 Å². The van der Waals surface area contributed by atoms with E-state index in [0.717, 1.165) is 22.6 Å². The number of aromatic nitrogens is 3. The highest BCUT2D eigenvalue weighted by molar-refractivity contribution is 5.79. The lowest BCUT2D eigenvalue weighted by Crippen LogP contribution is -2.13. The molecule has 0 fully saturated rings. The molecular formula is C14H13N3O2. The number of para-hydroxylation sites is 1. The van der Waals surface area contributed by atoms with Gasteiger partial charge < -0.3 is 4.57 Å². The fraction of sp³-hybridized carbons (Fsp3) is 0.214. The van der Waals surface area contributed by atoms with Crippen LogP contribution in [0.3, 0.4) is 0 Å². The number of nitrogens with zero attached hydrogens (tertiary/aromatic N) is 3. The molecule has 0 saturated carbocycles. The standard InChI is InChI=1S/C14H13N3O2/c1-9-7-14(18)11-5-3-4-6-13(11)17(9)8-12-10(2)15-19-16-12/h3-7H,8H2,1-2H3. The zero-order valence-electron chi connectivity index (χ0n) is 10.8. The van der Waals surface area contributed by atoms with E-state index in [1.807, 2.05) is 42.7 Å². The quantitative estimate of drug-likeness (QED) is 0.703. The molecule has 19 heavy (non-hydrogen) atoms. The highest BCUT2D eigenvalue weighted by Crippen LogP contribution is 2.15. The molecule has 3 rings (SSSR count). The van der Waals surface area contributed by atoms with Crippen LogP contribution in [0.5, 0.6) is 0 Å². The zero-order valence-corrected chi connectivity index (χ0v) is 10.8. The van der Waals surface area contributed by atoms with Crippen molar-refractivity contribution in [3.8, 4) is 0 Å². The lowest BCUT2D eigenvalue weighted by molar-refractivity contribution is 0.300. The summed E-state index contributed by atoms with van der Waals surface area (Å²) in [6.45, 7) is 4.31. The summed E-state index contributed by atoms with van der Waals surface area (Å²) < 4.78 is 6.76. The van der Waals surface area contributed by atoms with Gasteiger partial charge in [-0.1, -0.05) is 22.4 Å². The minimum absolute atomic E-state index is 0.0411. The summed E-state index contributed by atoms with van der Waals surface area (Å²) in [4.78, 5) is 12.0. The summed E-state index contributed by atoms with van der Waals surface area (Å²) in [5.74, 6) is 0. The molecule has 3 aromatic rings. The number of hydrogen-bond acceptors (Lipinski definition) is 4. The zero-order chi connectivity index (χ0) is 13.4. The number of pyridine rings is 1. The first kappa shape index (κ1) is 11.6. The predicted molar refractivity (Wildman–Crippen MR) is 71.1 cm³/mol. The Kier molecular flexibility index (Phi) is 2.67. The van der Waals surface area contributed by atoms with Crippen molar-refractivity contribution in [3.05, 3.63) is 57.6 Å². The van der Waals surface area contributed by atoms with Crippen LogP contribution in [0.25, 0.3) is 10.9 Å². The Morgan fingerprint density at radius 2 is 2.00 bits per heavy atom. The van der Waals surface area contributed by atoms with Crippen molar-refractivity contribution in [2.24, 2.45) is 0 Å². The van der Waals surface area contributed by atoms with E-state index in [1.165, 1.54) is 0 Å². The fourth-order valence-electron chi connectivity index (χ4n) is 2.21. The first-order valence-electron chi connectivity index (χ1n) is 6.04.